The van der Waals surface area contributed by atoms with E-state index in [2.05, 4.69) is 5.32 Å². The molecule has 0 heterocycles. The molecule has 2 nitrogen and oxygen atoms in total. The average Bonchev–Trinajstić information content (AvgIpc) is 2.45. The highest BCUT2D eigenvalue weighted by Crippen LogP contribution is 2.36. The summed E-state index contributed by atoms with van der Waals surface area (Å²) in [7, 11) is 0. The molecule has 2 rings (SSSR count). The molecule has 0 saturated carbocycles. The van der Waals surface area contributed by atoms with Crippen molar-refractivity contribution in [1.29, 1.82) is 5.26 Å². The molecule has 0 radical (unpaired) electrons. The highest BCUT2D eigenvalue weighted by molar-refractivity contribution is 5.50. The van der Waals surface area contributed by atoms with E-state index < -0.39 is 18.0 Å². The second-order valence-electron chi connectivity index (χ2n) is 4.34. The van der Waals surface area contributed by atoms with Gasteiger partial charge in [0.1, 0.15) is 11.9 Å². The molecule has 0 aliphatic carbocycles. The summed E-state index contributed by atoms with van der Waals surface area (Å²) in [6.07, 6.45) is -4.58. The molecule has 1 N–H and O–H groups in total. The van der Waals surface area contributed by atoms with E-state index in [9.17, 15) is 17.6 Å². The van der Waals surface area contributed by atoms with Crippen molar-refractivity contribution >= 4 is 5.69 Å². The van der Waals surface area contributed by atoms with Crippen LogP contribution in [-0.2, 0) is 0 Å². The number of nitriles is 1. The number of benzene rings is 2. The second-order valence-corrected chi connectivity index (χ2v) is 4.34. The van der Waals surface area contributed by atoms with Gasteiger partial charge >= 0.3 is 6.18 Å². The quantitative estimate of drug-likeness (QED) is 0.851. The number of nitrogens with zero attached hydrogens (tertiary/aromatic N) is 1. The summed E-state index contributed by atoms with van der Waals surface area (Å²) < 4.78 is 53.1. The van der Waals surface area contributed by atoms with Crippen molar-refractivity contribution < 1.29 is 17.6 Å². The summed E-state index contributed by atoms with van der Waals surface area (Å²) >= 11 is 0. The molecule has 0 aliphatic rings. The molecule has 108 valence electrons. The smallest absolute Gasteiger partial charge is 0.368 e. The Morgan fingerprint density at radius 2 is 1.71 bits per heavy atom. The molecule has 21 heavy (non-hydrogen) atoms. The fourth-order valence-electron chi connectivity index (χ4n) is 1.86. The van der Waals surface area contributed by atoms with Gasteiger partial charge in [-0.15, -0.1) is 0 Å². The zero-order chi connectivity index (χ0) is 15.5. The van der Waals surface area contributed by atoms with Crippen LogP contribution < -0.4 is 5.32 Å². The van der Waals surface area contributed by atoms with Gasteiger partial charge in [0.2, 0.25) is 0 Å². The number of hydrogen-bond donors (Lipinski definition) is 1. The molecule has 1 unspecified atom stereocenters. The van der Waals surface area contributed by atoms with Crippen LogP contribution in [0.3, 0.4) is 0 Å². The predicted molar refractivity (Wildman–Crippen MR) is 70.0 cm³/mol. The van der Waals surface area contributed by atoms with E-state index >= 15 is 0 Å². The number of rotatable bonds is 3. The van der Waals surface area contributed by atoms with Gasteiger partial charge < -0.3 is 5.32 Å². The first-order chi connectivity index (χ1) is 9.91. The molecule has 0 amide bonds. The fraction of sp³-hybridized carbons (Fsp3) is 0.133. The van der Waals surface area contributed by atoms with Crippen LogP contribution in [0, 0.1) is 17.1 Å². The minimum Gasteiger partial charge on any atom is -0.368 e. The van der Waals surface area contributed by atoms with Gasteiger partial charge in [0.25, 0.3) is 0 Å². The highest BCUT2D eigenvalue weighted by atomic mass is 19.4. The van der Waals surface area contributed by atoms with Crippen molar-refractivity contribution in [2.45, 2.75) is 12.2 Å². The molecule has 1 atom stereocenters. The summed E-state index contributed by atoms with van der Waals surface area (Å²) in [6, 6.07) is 10.1. The Morgan fingerprint density at radius 3 is 2.24 bits per heavy atom. The van der Waals surface area contributed by atoms with Crippen molar-refractivity contribution in [1.82, 2.24) is 0 Å². The van der Waals surface area contributed by atoms with Crippen LogP contribution >= 0.6 is 0 Å². The number of nitrogens with one attached hydrogen (secondary N) is 1. The van der Waals surface area contributed by atoms with Crippen molar-refractivity contribution in [3.05, 3.63) is 65.5 Å². The summed E-state index contributed by atoms with van der Waals surface area (Å²) in [5, 5.41) is 10.8. The van der Waals surface area contributed by atoms with Crippen molar-refractivity contribution in [3.8, 4) is 6.07 Å². The van der Waals surface area contributed by atoms with Crippen molar-refractivity contribution in [3.63, 3.8) is 0 Å². The first kappa shape index (κ1) is 14.9. The third-order valence-electron chi connectivity index (χ3n) is 2.86. The second kappa shape index (κ2) is 5.83. The lowest BCUT2D eigenvalue weighted by Gasteiger charge is -2.23. The number of hydrogen-bond acceptors (Lipinski definition) is 2. The topological polar surface area (TPSA) is 35.8 Å². The lowest BCUT2D eigenvalue weighted by molar-refractivity contribution is -0.144. The summed E-state index contributed by atoms with van der Waals surface area (Å²) in [6.45, 7) is 0. The maximum atomic E-state index is 13.7. The van der Waals surface area contributed by atoms with Crippen molar-refractivity contribution in [2.24, 2.45) is 0 Å². The van der Waals surface area contributed by atoms with Gasteiger partial charge in [-0.1, -0.05) is 30.3 Å². The molecule has 0 fully saturated rings. The number of anilines is 1. The van der Waals surface area contributed by atoms with Crippen LogP contribution in [0.2, 0.25) is 0 Å². The van der Waals surface area contributed by atoms with Gasteiger partial charge in [0.15, 0.2) is 0 Å². The first-order valence-electron chi connectivity index (χ1n) is 5.99. The highest BCUT2D eigenvalue weighted by Gasteiger charge is 2.41. The van der Waals surface area contributed by atoms with Crippen LogP contribution in [0.4, 0.5) is 23.2 Å². The van der Waals surface area contributed by atoms with E-state index in [0.717, 1.165) is 12.1 Å². The Hall–Kier alpha value is -2.55. The van der Waals surface area contributed by atoms with Gasteiger partial charge in [0.05, 0.1) is 17.3 Å². The lowest BCUT2D eigenvalue weighted by atomic mass is 10.1. The SMILES string of the molecule is N#Cc1ccc(NC(c2ccccc2)C(F)(F)F)c(F)c1. The maximum Gasteiger partial charge on any atom is 0.412 e. The Labute approximate surface area is 118 Å². The summed E-state index contributed by atoms with van der Waals surface area (Å²) in [5.74, 6) is -0.903. The van der Waals surface area contributed by atoms with E-state index in [1.165, 1.54) is 30.3 Å². The van der Waals surface area contributed by atoms with E-state index in [1.54, 1.807) is 12.1 Å². The molecule has 6 heteroatoms. The summed E-state index contributed by atoms with van der Waals surface area (Å²) in [5.41, 5.74) is -0.282. The van der Waals surface area contributed by atoms with Gasteiger partial charge in [-0.25, -0.2) is 4.39 Å². The monoisotopic (exact) mass is 294 g/mol. The average molecular weight is 294 g/mol. The number of halogens is 4. The van der Waals surface area contributed by atoms with Gasteiger partial charge in [-0.05, 0) is 23.8 Å². The normalized spacial score (nSPS) is 12.5. The van der Waals surface area contributed by atoms with Gasteiger partial charge in [-0.3, -0.25) is 0 Å². The third-order valence-corrected chi connectivity index (χ3v) is 2.86. The van der Waals surface area contributed by atoms with Crippen LogP contribution in [-0.4, -0.2) is 6.18 Å². The fourth-order valence-corrected chi connectivity index (χ4v) is 1.86. The van der Waals surface area contributed by atoms with Crippen LogP contribution in [0.25, 0.3) is 0 Å². The minimum absolute atomic E-state index is 0.0197. The van der Waals surface area contributed by atoms with Gasteiger partial charge in [0, 0.05) is 0 Å². The predicted octanol–water partition coefficient (Wildman–Crippen LogP) is 4.41. The van der Waals surface area contributed by atoms with Crippen LogP contribution in [0.15, 0.2) is 48.5 Å². The molecular formula is C15H10F4N2. The molecule has 0 spiro atoms. The maximum absolute atomic E-state index is 13.7. The molecule has 0 saturated heterocycles. The molecule has 2 aromatic carbocycles. The Balaban J connectivity index is 2.35. The minimum atomic E-state index is -4.58. The van der Waals surface area contributed by atoms with Crippen molar-refractivity contribution in [2.75, 3.05) is 5.32 Å². The van der Waals surface area contributed by atoms with Gasteiger partial charge in [-0.2, -0.15) is 18.4 Å². The molecular weight excluding hydrogens is 284 g/mol. The Bertz CT molecular complexity index is 660. The van der Waals surface area contributed by atoms with E-state index in [0.29, 0.717) is 0 Å². The zero-order valence-corrected chi connectivity index (χ0v) is 10.7. The zero-order valence-electron chi connectivity index (χ0n) is 10.7. The van der Waals surface area contributed by atoms with E-state index in [4.69, 9.17) is 5.26 Å². The lowest BCUT2D eigenvalue weighted by Crippen LogP contribution is -2.28. The Kier molecular flexibility index (Phi) is 4.13. The largest absolute Gasteiger partial charge is 0.412 e. The molecule has 0 aromatic heterocycles. The van der Waals surface area contributed by atoms with Crippen LogP contribution in [0.5, 0.6) is 0 Å². The standard InChI is InChI=1S/C15H10F4N2/c16-12-8-10(9-20)6-7-13(12)21-14(15(17,18)19)11-4-2-1-3-5-11/h1-8,14,21H. The molecule has 0 bridgehead atoms. The third kappa shape index (κ3) is 3.51. The summed E-state index contributed by atoms with van der Waals surface area (Å²) in [4.78, 5) is 0. The van der Waals surface area contributed by atoms with E-state index in [-0.39, 0.29) is 16.8 Å². The molecule has 0 aliphatic heterocycles. The molecule has 2 aromatic rings. The first-order valence-corrected chi connectivity index (χ1v) is 5.99. The van der Waals surface area contributed by atoms with E-state index in [1.807, 2.05) is 0 Å². The van der Waals surface area contributed by atoms with Crippen LogP contribution in [0.1, 0.15) is 17.2 Å². The number of alkyl halides is 3. The Morgan fingerprint density at radius 1 is 1.05 bits per heavy atom.